The molecule has 1 aliphatic carbocycles. The van der Waals surface area contributed by atoms with E-state index in [2.05, 4.69) is 5.32 Å². The topological polar surface area (TPSA) is 88.4 Å². The summed E-state index contributed by atoms with van der Waals surface area (Å²) in [5.74, 6) is -1.73. The lowest BCUT2D eigenvalue weighted by molar-refractivity contribution is -0.148. The Bertz CT molecular complexity index is 857. The highest BCUT2D eigenvalue weighted by Crippen LogP contribution is 2.32. The SMILES string of the molecule is CCc1c(C)c(C)c(C(=O)NC(C)(C(=O)O)C(C)(C)C)c(=O)n1C1CCCCC1. The van der Waals surface area contributed by atoms with Crippen LogP contribution in [0.4, 0.5) is 0 Å². The van der Waals surface area contributed by atoms with Crippen molar-refractivity contribution in [3.05, 3.63) is 32.7 Å². The minimum Gasteiger partial charge on any atom is -0.479 e. The van der Waals surface area contributed by atoms with Gasteiger partial charge in [-0.1, -0.05) is 47.0 Å². The summed E-state index contributed by atoms with van der Waals surface area (Å²) in [5.41, 5.74) is 0.0959. The van der Waals surface area contributed by atoms with Crippen molar-refractivity contribution in [3.63, 3.8) is 0 Å². The summed E-state index contributed by atoms with van der Waals surface area (Å²) in [5, 5.41) is 12.5. The first-order valence-electron chi connectivity index (χ1n) is 10.7. The molecule has 1 aliphatic rings. The van der Waals surface area contributed by atoms with E-state index in [0.29, 0.717) is 5.56 Å². The van der Waals surface area contributed by atoms with E-state index in [-0.39, 0.29) is 17.2 Å². The van der Waals surface area contributed by atoms with Crippen molar-refractivity contribution in [2.45, 2.75) is 98.6 Å². The standard InChI is InChI=1S/C23H36N2O4/c1-8-17-14(2)15(3)18(20(27)25(17)16-12-10-9-11-13-16)19(26)24-23(7,21(28)29)22(4,5)6/h16H,8-13H2,1-7H3,(H,24,26)(H,28,29). The molecular formula is C23H36N2O4. The Kier molecular flexibility index (Phi) is 6.65. The molecule has 2 N–H and O–H groups in total. The van der Waals surface area contributed by atoms with Gasteiger partial charge in [-0.2, -0.15) is 0 Å². The summed E-state index contributed by atoms with van der Waals surface area (Å²) >= 11 is 0. The Morgan fingerprint density at radius 2 is 1.62 bits per heavy atom. The predicted octanol–water partition coefficient (Wildman–Crippen LogP) is 4.15. The Morgan fingerprint density at radius 3 is 2.07 bits per heavy atom. The lowest BCUT2D eigenvalue weighted by Gasteiger charge is -2.38. The van der Waals surface area contributed by atoms with Crippen molar-refractivity contribution in [3.8, 4) is 0 Å². The normalized spacial score (nSPS) is 17.6. The second-order valence-electron chi connectivity index (χ2n) is 9.53. The lowest BCUT2D eigenvalue weighted by Crippen LogP contribution is -2.61. The maximum atomic E-state index is 13.5. The minimum absolute atomic E-state index is 0.0713. The van der Waals surface area contributed by atoms with Crippen molar-refractivity contribution in [1.82, 2.24) is 9.88 Å². The molecule has 1 unspecified atom stereocenters. The number of carbonyl (C=O) groups is 2. The summed E-state index contributed by atoms with van der Waals surface area (Å²) in [4.78, 5) is 38.8. The van der Waals surface area contributed by atoms with Gasteiger partial charge in [-0.05, 0) is 56.6 Å². The third-order valence-corrected chi connectivity index (χ3v) is 6.89. The van der Waals surface area contributed by atoms with Gasteiger partial charge in [-0.25, -0.2) is 4.79 Å². The fraction of sp³-hybridized carbons (Fsp3) is 0.696. The number of carboxylic acids is 1. The van der Waals surface area contributed by atoms with E-state index in [9.17, 15) is 19.5 Å². The number of carboxylic acid groups (broad SMARTS) is 1. The molecular weight excluding hydrogens is 368 g/mol. The highest BCUT2D eigenvalue weighted by atomic mass is 16.4. The van der Waals surface area contributed by atoms with Crippen LogP contribution in [0.3, 0.4) is 0 Å². The van der Waals surface area contributed by atoms with Crippen LogP contribution in [0.1, 0.15) is 99.9 Å². The number of nitrogens with one attached hydrogen (secondary N) is 1. The van der Waals surface area contributed by atoms with Crippen LogP contribution in [0.25, 0.3) is 0 Å². The van der Waals surface area contributed by atoms with Crippen LogP contribution in [0.15, 0.2) is 4.79 Å². The molecule has 0 radical (unpaired) electrons. The van der Waals surface area contributed by atoms with E-state index in [1.807, 2.05) is 18.4 Å². The van der Waals surface area contributed by atoms with Crippen LogP contribution in [0.2, 0.25) is 0 Å². The number of nitrogens with zero attached hydrogens (tertiary/aromatic N) is 1. The van der Waals surface area contributed by atoms with Crippen molar-refractivity contribution >= 4 is 11.9 Å². The zero-order chi connectivity index (χ0) is 22.1. The zero-order valence-corrected chi connectivity index (χ0v) is 18.9. The van der Waals surface area contributed by atoms with E-state index < -0.39 is 22.8 Å². The van der Waals surface area contributed by atoms with Crippen LogP contribution in [-0.4, -0.2) is 27.1 Å². The van der Waals surface area contributed by atoms with Crippen LogP contribution in [-0.2, 0) is 11.2 Å². The third kappa shape index (κ3) is 4.12. The third-order valence-electron chi connectivity index (χ3n) is 6.89. The number of hydrogen-bond donors (Lipinski definition) is 2. The Labute approximate surface area is 173 Å². The summed E-state index contributed by atoms with van der Waals surface area (Å²) in [7, 11) is 0. The van der Waals surface area contributed by atoms with Crippen LogP contribution in [0, 0.1) is 19.3 Å². The molecule has 1 saturated carbocycles. The van der Waals surface area contributed by atoms with E-state index in [1.54, 1.807) is 27.7 Å². The van der Waals surface area contributed by atoms with Gasteiger partial charge in [0.2, 0.25) is 0 Å². The smallest absolute Gasteiger partial charge is 0.329 e. The first-order valence-corrected chi connectivity index (χ1v) is 10.7. The van der Waals surface area contributed by atoms with E-state index in [0.717, 1.165) is 43.4 Å². The number of hydrogen-bond acceptors (Lipinski definition) is 3. The molecule has 1 atom stereocenters. The minimum atomic E-state index is -1.50. The predicted molar refractivity (Wildman–Crippen MR) is 115 cm³/mol. The van der Waals surface area contributed by atoms with E-state index in [4.69, 9.17) is 0 Å². The largest absolute Gasteiger partial charge is 0.479 e. The first-order chi connectivity index (χ1) is 13.4. The zero-order valence-electron chi connectivity index (χ0n) is 18.9. The van der Waals surface area contributed by atoms with Crippen molar-refractivity contribution in [1.29, 1.82) is 0 Å². The highest BCUT2D eigenvalue weighted by Gasteiger charge is 2.46. The molecule has 1 heterocycles. The summed E-state index contributed by atoms with van der Waals surface area (Å²) in [6, 6.07) is 0.102. The first kappa shape index (κ1) is 23.2. The van der Waals surface area contributed by atoms with Crippen LogP contribution >= 0.6 is 0 Å². The van der Waals surface area contributed by atoms with E-state index >= 15 is 0 Å². The van der Waals surface area contributed by atoms with Crippen LogP contribution in [0.5, 0.6) is 0 Å². The summed E-state index contributed by atoms with van der Waals surface area (Å²) in [6.07, 6.45) is 5.92. The molecule has 1 amide bonds. The number of aliphatic carboxylic acids is 1. The average Bonchev–Trinajstić information content (AvgIpc) is 2.64. The van der Waals surface area contributed by atoms with Gasteiger partial charge < -0.3 is 15.0 Å². The Morgan fingerprint density at radius 1 is 1.07 bits per heavy atom. The molecule has 0 saturated heterocycles. The number of carbonyl (C=O) groups excluding carboxylic acids is 1. The molecule has 0 aromatic carbocycles. The van der Waals surface area contributed by atoms with Crippen molar-refractivity contribution in [2.24, 2.45) is 5.41 Å². The highest BCUT2D eigenvalue weighted by molar-refractivity contribution is 5.99. The van der Waals surface area contributed by atoms with Gasteiger partial charge in [0.05, 0.1) is 0 Å². The Balaban J connectivity index is 2.63. The maximum absolute atomic E-state index is 13.5. The molecule has 0 aliphatic heterocycles. The molecule has 162 valence electrons. The van der Waals surface area contributed by atoms with E-state index in [1.165, 1.54) is 13.3 Å². The second kappa shape index (κ2) is 8.33. The molecule has 0 spiro atoms. The van der Waals surface area contributed by atoms with Gasteiger partial charge in [-0.15, -0.1) is 0 Å². The van der Waals surface area contributed by atoms with Crippen molar-refractivity contribution < 1.29 is 14.7 Å². The molecule has 1 fully saturated rings. The van der Waals surface area contributed by atoms with Gasteiger partial charge in [0.25, 0.3) is 11.5 Å². The molecule has 1 aromatic heterocycles. The molecule has 1 aromatic rings. The van der Waals surface area contributed by atoms with Gasteiger partial charge in [-0.3, -0.25) is 9.59 Å². The van der Waals surface area contributed by atoms with Crippen molar-refractivity contribution in [2.75, 3.05) is 0 Å². The fourth-order valence-corrected chi connectivity index (χ4v) is 4.27. The summed E-state index contributed by atoms with van der Waals surface area (Å²) in [6.45, 7) is 12.5. The number of pyridine rings is 1. The van der Waals surface area contributed by atoms with Gasteiger partial charge in [0, 0.05) is 11.7 Å². The Hall–Kier alpha value is -2.11. The molecule has 29 heavy (non-hydrogen) atoms. The number of rotatable bonds is 5. The van der Waals surface area contributed by atoms with Gasteiger partial charge >= 0.3 is 5.97 Å². The monoisotopic (exact) mass is 404 g/mol. The quantitative estimate of drug-likeness (QED) is 0.771. The molecule has 6 heteroatoms. The van der Waals surface area contributed by atoms with Crippen LogP contribution < -0.4 is 10.9 Å². The van der Waals surface area contributed by atoms with Gasteiger partial charge in [0.1, 0.15) is 11.1 Å². The maximum Gasteiger partial charge on any atom is 0.329 e. The fourth-order valence-electron chi connectivity index (χ4n) is 4.27. The van der Waals surface area contributed by atoms with Gasteiger partial charge in [0.15, 0.2) is 0 Å². The lowest BCUT2D eigenvalue weighted by atomic mass is 9.74. The summed E-state index contributed by atoms with van der Waals surface area (Å²) < 4.78 is 1.83. The average molecular weight is 405 g/mol. The molecule has 0 bridgehead atoms. The number of aromatic nitrogens is 1. The second-order valence-corrected chi connectivity index (χ2v) is 9.53. The molecule has 6 nitrogen and oxygen atoms in total. The number of amides is 1. The molecule has 2 rings (SSSR count).